The number of hydrogen-bond acceptors (Lipinski definition) is 4. The molecule has 0 bridgehead atoms. The third-order valence-electron chi connectivity index (χ3n) is 4.93. The second-order valence-electron chi connectivity index (χ2n) is 6.88. The molecule has 0 radical (unpaired) electrons. The normalized spacial score (nSPS) is 18.8. The van der Waals surface area contributed by atoms with E-state index >= 15 is 0 Å². The van der Waals surface area contributed by atoms with Crippen LogP contribution in [-0.2, 0) is 29.1 Å². The Morgan fingerprint density at radius 1 is 1.19 bits per heavy atom. The number of imide groups is 1. The summed E-state index contributed by atoms with van der Waals surface area (Å²) < 4.78 is 1.96. The van der Waals surface area contributed by atoms with Gasteiger partial charge in [0.2, 0.25) is 5.91 Å². The highest BCUT2D eigenvalue weighted by atomic mass is 16.2. The van der Waals surface area contributed by atoms with Gasteiger partial charge in [-0.05, 0) is 18.1 Å². The van der Waals surface area contributed by atoms with Crippen molar-refractivity contribution in [3.63, 3.8) is 0 Å². The Bertz CT molecular complexity index is 877. The molecule has 1 atom stereocenters. The molecular weight excluding hydrogens is 346 g/mol. The summed E-state index contributed by atoms with van der Waals surface area (Å²) in [6.45, 7) is 1.78. The molecule has 1 fully saturated rings. The maximum atomic E-state index is 12.5. The van der Waals surface area contributed by atoms with Crippen molar-refractivity contribution >= 4 is 17.8 Å². The molecule has 140 valence electrons. The van der Waals surface area contributed by atoms with Gasteiger partial charge in [-0.15, -0.1) is 0 Å². The minimum Gasteiger partial charge on any atom is -0.335 e. The van der Waals surface area contributed by atoms with Crippen molar-refractivity contribution in [3.05, 3.63) is 53.3 Å². The number of carbonyl (C=O) groups excluding carboxylic acids is 3. The first-order valence-corrected chi connectivity index (χ1v) is 9.07. The first-order chi connectivity index (χ1) is 13.1. The summed E-state index contributed by atoms with van der Waals surface area (Å²) in [5, 5.41) is 9.35. The molecular formula is C19H21N5O3. The topological polar surface area (TPSA) is 96.3 Å². The highest BCUT2D eigenvalue weighted by Crippen LogP contribution is 2.17. The van der Waals surface area contributed by atoms with Crippen LogP contribution >= 0.6 is 0 Å². The van der Waals surface area contributed by atoms with Crippen molar-refractivity contribution < 1.29 is 14.4 Å². The van der Waals surface area contributed by atoms with Crippen LogP contribution in [0, 0.1) is 0 Å². The van der Waals surface area contributed by atoms with E-state index in [1.807, 2.05) is 22.9 Å². The van der Waals surface area contributed by atoms with Crippen LogP contribution in [0.5, 0.6) is 0 Å². The second-order valence-corrected chi connectivity index (χ2v) is 6.88. The number of aromatic nitrogens is 2. The van der Waals surface area contributed by atoms with Gasteiger partial charge in [0, 0.05) is 19.4 Å². The van der Waals surface area contributed by atoms with E-state index in [4.69, 9.17) is 0 Å². The molecule has 0 spiro atoms. The molecule has 8 heteroatoms. The molecule has 1 unspecified atom stereocenters. The van der Waals surface area contributed by atoms with Crippen LogP contribution in [0.15, 0.2) is 36.4 Å². The average Bonchev–Trinajstić information content (AvgIpc) is 3.21. The van der Waals surface area contributed by atoms with Crippen LogP contribution in [0.2, 0.25) is 0 Å². The van der Waals surface area contributed by atoms with E-state index < -0.39 is 12.1 Å². The second kappa shape index (κ2) is 7.22. The molecule has 2 aromatic rings. The fourth-order valence-electron chi connectivity index (χ4n) is 3.52. The lowest BCUT2D eigenvalue weighted by Crippen LogP contribution is -2.39. The Morgan fingerprint density at radius 2 is 2.00 bits per heavy atom. The molecule has 0 saturated carbocycles. The Balaban J connectivity index is 1.34. The van der Waals surface area contributed by atoms with Gasteiger partial charge >= 0.3 is 6.03 Å². The van der Waals surface area contributed by atoms with Gasteiger partial charge in [0.25, 0.3) is 5.91 Å². The Kier molecular flexibility index (Phi) is 4.62. The van der Waals surface area contributed by atoms with Crippen LogP contribution in [0.3, 0.4) is 0 Å². The van der Waals surface area contributed by atoms with Gasteiger partial charge in [0.15, 0.2) is 0 Å². The van der Waals surface area contributed by atoms with Gasteiger partial charge in [-0.2, -0.15) is 5.10 Å². The summed E-state index contributed by atoms with van der Waals surface area (Å²) in [6.07, 6.45) is 1.31. The third kappa shape index (κ3) is 3.84. The predicted octanol–water partition coefficient (Wildman–Crippen LogP) is 0.804. The van der Waals surface area contributed by atoms with E-state index in [2.05, 4.69) is 33.9 Å². The van der Waals surface area contributed by atoms with E-state index in [-0.39, 0.29) is 18.2 Å². The standard InChI is InChI=1S/C19H21N5O3/c25-17(7-6-16-18(26)21-19(27)20-16)23-8-9-24-15(12-23)11-14(22-24)10-13-4-2-1-3-5-13/h1-5,11,16H,6-10,12H2,(H2,20,21,26,27). The Hall–Kier alpha value is -3.16. The zero-order chi connectivity index (χ0) is 18.8. The van der Waals surface area contributed by atoms with Crippen molar-refractivity contribution in [3.8, 4) is 0 Å². The molecule has 4 rings (SSSR count). The predicted molar refractivity (Wildman–Crippen MR) is 96.6 cm³/mol. The van der Waals surface area contributed by atoms with E-state index in [0.29, 0.717) is 26.1 Å². The first kappa shape index (κ1) is 17.3. The number of rotatable bonds is 5. The minimum atomic E-state index is -0.616. The van der Waals surface area contributed by atoms with Crippen molar-refractivity contribution in [2.75, 3.05) is 6.54 Å². The lowest BCUT2D eigenvalue weighted by molar-refractivity contribution is -0.133. The summed E-state index contributed by atoms with van der Waals surface area (Å²) in [5.74, 6) is -0.379. The number of amides is 4. The van der Waals surface area contributed by atoms with E-state index in [1.54, 1.807) is 4.90 Å². The van der Waals surface area contributed by atoms with Crippen molar-refractivity contribution in [2.24, 2.45) is 0 Å². The summed E-state index contributed by atoms with van der Waals surface area (Å²) in [7, 11) is 0. The third-order valence-corrected chi connectivity index (χ3v) is 4.93. The molecule has 2 aliphatic rings. The van der Waals surface area contributed by atoms with Crippen molar-refractivity contribution in [2.45, 2.75) is 38.4 Å². The van der Waals surface area contributed by atoms with Crippen molar-refractivity contribution in [1.29, 1.82) is 0 Å². The van der Waals surface area contributed by atoms with Gasteiger partial charge < -0.3 is 10.2 Å². The van der Waals surface area contributed by atoms with Crippen molar-refractivity contribution in [1.82, 2.24) is 25.3 Å². The Morgan fingerprint density at radius 3 is 2.74 bits per heavy atom. The highest BCUT2D eigenvalue weighted by molar-refractivity contribution is 6.04. The maximum Gasteiger partial charge on any atom is 0.322 e. The summed E-state index contributed by atoms with van der Waals surface area (Å²) >= 11 is 0. The quantitative estimate of drug-likeness (QED) is 0.764. The number of urea groups is 1. The molecule has 27 heavy (non-hydrogen) atoms. The van der Waals surface area contributed by atoms with Gasteiger partial charge in [0.1, 0.15) is 6.04 Å². The first-order valence-electron chi connectivity index (χ1n) is 9.07. The molecule has 2 aliphatic heterocycles. The number of nitrogens with one attached hydrogen (secondary N) is 2. The molecule has 4 amide bonds. The average molecular weight is 367 g/mol. The summed E-state index contributed by atoms with van der Waals surface area (Å²) in [4.78, 5) is 37.0. The van der Waals surface area contributed by atoms with Crippen LogP contribution < -0.4 is 10.6 Å². The SMILES string of the molecule is O=C1NC(=O)C(CCC(=O)N2CCn3nc(Cc4ccccc4)cc3C2)N1. The molecule has 3 heterocycles. The van der Waals surface area contributed by atoms with Gasteiger partial charge in [0.05, 0.1) is 24.5 Å². The summed E-state index contributed by atoms with van der Waals surface area (Å²) in [6, 6.07) is 11.1. The number of fused-ring (bicyclic) bond motifs is 1. The lowest BCUT2D eigenvalue weighted by Gasteiger charge is -2.28. The number of benzene rings is 1. The highest BCUT2D eigenvalue weighted by Gasteiger charge is 2.30. The molecule has 1 aromatic heterocycles. The van der Waals surface area contributed by atoms with Crippen LogP contribution in [0.25, 0.3) is 0 Å². The van der Waals surface area contributed by atoms with Crippen LogP contribution in [0.4, 0.5) is 4.79 Å². The maximum absolute atomic E-state index is 12.5. The van der Waals surface area contributed by atoms with E-state index in [0.717, 1.165) is 17.8 Å². The van der Waals surface area contributed by atoms with Gasteiger partial charge in [-0.1, -0.05) is 30.3 Å². The number of nitrogens with zero attached hydrogens (tertiary/aromatic N) is 3. The molecule has 1 saturated heterocycles. The van der Waals surface area contributed by atoms with Gasteiger partial charge in [-0.25, -0.2) is 4.79 Å². The zero-order valence-electron chi connectivity index (χ0n) is 14.9. The van der Waals surface area contributed by atoms with E-state index in [1.165, 1.54) is 5.56 Å². The largest absolute Gasteiger partial charge is 0.335 e. The fraction of sp³-hybridized carbons (Fsp3) is 0.368. The van der Waals surface area contributed by atoms with E-state index in [9.17, 15) is 14.4 Å². The van der Waals surface area contributed by atoms with Gasteiger partial charge in [-0.3, -0.25) is 19.6 Å². The molecule has 0 aliphatic carbocycles. The zero-order valence-corrected chi connectivity index (χ0v) is 14.9. The molecule has 1 aromatic carbocycles. The summed E-state index contributed by atoms with van der Waals surface area (Å²) in [5.41, 5.74) is 3.22. The Labute approximate surface area is 156 Å². The molecule has 2 N–H and O–H groups in total. The minimum absolute atomic E-state index is 0.0130. The monoisotopic (exact) mass is 367 g/mol. The lowest BCUT2D eigenvalue weighted by atomic mass is 10.1. The molecule has 8 nitrogen and oxygen atoms in total. The number of hydrogen-bond donors (Lipinski definition) is 2. The fourth-order valence-corrected chi connectivity index (χ4v) is 3.52. The smallest absolute Gasteiger partial charge is 0.322 e. The van der Waals surface area contributed by atoms with Crippen LogP contribution in [0.1, 0.15) is 29.8 Å². The number of carbonyl (C=O) groups is 3. The van der Waals surface area contributed by atoms with Crippen LogP contribution in [-0.4, -0.2) is 45.1 Å².